The van der Waals surface area contributed by atoms with Gasteiger partial charge >= 0.3 is 6.18 Å². The Bertz CT molecular complexity index is 137. The first kappa shape index (κ1) is 6.38. The van der Waals surface area contributed by atoms with Crippen LogP contribution in [0.3, 0.4) is 0 Å². The lowest BCUT2D eigenvalue weighted by Crippen LogP contribution is -2.33. The Morgan fingerprint density at radius 2 is 2.11 bits per heavy atom. The van der Waals surface area contributed by atoms with Crippen molar-refractivity contribution in [3.8, 4) is 0 Å². The molecule has 1 heterocycles. The summed E-state index contributed by atoms with van der Waals surface area (Å²) in [6, 6.07) is 0. The second-order valence-corrected chi connectivity index (χ2v) is 1.65. The normalized spacial score (nSPS) is 19.2. The zero-order chi connectivity index (χ0) is 6.91. The van der Waals surface area contributed by atoms with Gasteiger partial charge in [-0.1, -0.05) is 0 Å². The highest BCUT2D eigenvalue weighted by Crippen LogP contribution is 2.16. The summed E-state index contributed by atoms with van der Waals surface area (Å²) < 4.78 is 34.7. The molecular formula is C4H5F3N2. The van der Waals surface area contributed by atoms with Gasteiger partial charge < -0.3 is 5.32 Å². The Balaban J connectivity index is 2.61. The first-order chi connectivity index (χ1) is 4.11. The van der Waals surface area contributed by atoms with Gasteiger partial charge in [-0.3, -0.25) is 4.99 Å². The highest BCUT2D eigenvalue weighted by molar-refractivity contribution is 5.88. The Kier molecular flexibility index (Phi) is 1.34. The molecule has 2 nitrogen and oxygen atoms in total. The van der Waals surface area contributed by atoms with E-state index in [0.29, 0.717) is 6.54 Å². The van der Waals surface area contributed by atoms with E-state index >= 15 is 0 Å². The van der Waals surface area contributed by atoms with Gasteiger partial charge in [0.25, 0.3) is 0 Å². The summed E-state index contributed by atoms with van der Waals surface area (Å²) in [7, 11) is 0. The monoisotopic (exact) mass is 138 g/mol. The SMILES string of the molecule is FC(F)(F)C1=NCCN1. The lowest BCUT2D eigenvalue weighted by atomic mass is 10.6. The molecule has 0 aromatic heterocycles. The Morgan fingerprint density at radius 1 is 1.44 bits per heavy atom. The Morgan fingerprint density at radius 3 is 2.33 bits per heavy atom. The molecule has 0 bridgehead atoms. The van der Waals surface area contributed by atoms with E-state index in [2.05, 4.69) is 10.3 Å². The largest absolute Gasteiger partial charge is 0.448 e. The van der Waals surface area contributed by atoms with Gasteiger partial charge in [0.15, 0.2) is 0 Å². The van der Waals surface area contributed by atoms with Crippen molar-refractivity contribution in [1.29, 1.82) is 0 Å². The van der Waals surface area contributed by atoms with Crippen LogP contribution in [0.25, 0.3) is 0 Å². The van der Waals surface area contributed by atoms with Crippen LogP contribution in [0.4, 0.5) is 13.2 Å². The summed E-state index contributed by atoms with van der Waals surface area (Å²) in [6.07, 6.45) is -4.28. The number of nitrogens with zero attached hydrogens (tertiary/aromatic N) is 1. The molecule has 0 aromatic rings. The van der Waals surface area contributed by atoms with Crippen LogP contribution in [-0.4, -0.2) is 25.1 Å². The molecule has 0 unspecified atom stereocenters. The third kappa shape index (κ3) is 1.34. The van der Waals surface area contributed by atoms with Gasteiger partial charge in [0, 0.05) is 6.54 Å². The summed E-state index contributed by atoms with van der Waals surface area (Å²) in [5.74, 6) is -0.845. The third-order valence-corrected chi connectivity index (χ3v) is 0.943. The minimum absolute atomic E-state index is 0.231. The number of aliphatic imine (C=N–C) groups is 1. The fourth-order valence-electron chi connectivity index (χ4n) is 0.588. The van der Waals surface area contributed by atoms with Crippen LogP contribution >= 0.6 is 0 Å². The molecule has 1 N–H and O–H groups in total. The molecule has 0 saturated carbocycles. The smallest absolute Gasteiger partial charge is 0.364 e. The standard InChI is InChI=1S/C4H5F3N2/c5-4(6,7)3-8-1-2-9-3/h1-2H2,(H,8,9). The van der Waals surface area contributed by atoms with E-state index < -0.39 is 12.0 Å². The number of hydrogen-bond acceptors (Lipinski definition) is 2. The second-order valence-electron chi connectivity index (χ2n) is 1.65. The summed E-state index contributed by atoms with van der Waals surface area (Å²) in [6.45, 7) is 0.531. The molecule has 0 fully saturated rings. The van der Waals surface area contributed by atoms with Crippen molar-refractivity contribution in [2.45, 2.75) is 6.18 Å². The van der Waals surface area contributed by atoms with Crippen molar-refractivity contribution in [3.05, 3.63) is 0 Å². The first-order valence-corrected chi connectivity index (χ1v) is 2.46. The molecule has 0 atom stereocenters. The predicted octanol–water partition coefficient (Wildman–Crippen LogP) is 0.550. The molecule has 5 heteroatoms. The third-order valence-electron chi connectivity index (χ3n) is 0.943. The van der Waals surface area contributed by atoms with Crippen LogP contribution in [0, 0.1) is 0 Å². The van der Waals surface area contributed by atoms with E-state index in [1.165, 1.54) is 0 Å². The molecule has 1 rings (SSSR count). The predicted molar refractivity (Wildman–Crippen MR) is 26.4 cm³/mol. The second kappa shape index (κ2) is 1.89. The van der Waals surface area contributed by atoms with Crippen LogP contribution in [0.2, 0.25) is 0 Å². The molecule has 0 radical (unpaired) electrons. The minimum atomic E-state index is -4.28. The van der Waals surface area contributed by atoms with E-state index in [0.717, 1.165) is 0 Å². The van der Waals surface area contributed by atoms with Crippen LogP contribution < -0.4 is 5.32 Å². The number of alkyl halides is 3. The van der Waals surface area contributed by atoms with E-state index in [9.17, 15) is 13.2 Å². The Labute approximate surface area is 49.8 Å². The molecule has 0 amide bonds. The van der Waals surface area contributed by atoms with Crippen molar-refractivity contribution in [1.82, 2.24) is 5.32 Å². The van der Waals surface area contributed by atoms with Gasteiger partial charge in [0.1, 0.15) is 0 Å². The number of hydrogen-bond donors (Lipinski definition) is 1. The van der Waals surface area contributed by atoms with Crippen molar-refractivity contribution < 1.29 is 13.2 Å². The van der Waals surface area contributed by atoms with Gasteiger partial charge in [0.2, 0.25) is 5.84 Å². The van der Waals surface area contributed by atoms with Crippen LogP contribution in [-0.2, 0) is 0 Å². The van der Waals surface area contributed by atoms with E-state index in [-0.39, 0.29) is 6.54 Å². The molecule has 52 valence electrons. The van der Waals surface area contributed by atoms with Crippen molar-refractivity contribution in [2.24, 2.45) is 4.99 Å². The summed E-state index contributed by atoms with van der Waals surface area (Å²) >= 11 is 0. The summed E-state index contributed by atoms with van der Waals surface area (Å²) in [4.78, 5) is 3.19. The van der Waals surface area contributed by atoms with Crippen molar-refractivity contribution >= 4 is 5.84 Å². The molecule has 0 aromatic carbocycles. The van der Waals surface area contributed by atoms with E-state index in [1.807, 2.05) is 0 Å². The number of nitrogens with one attached hydrogen (secondary N) is 1. The molecular weight excluding hydrogens is 133 g/mol. The maximum absolute atomic E-state index is 11.6. The molecule has 0 spiro atoms. The summed E-state index contributed by atoms with van der Waals surface area (Å²) in [5, 5.41) is 2.12. The first-order valence-electron chi connectivity index (χ1n) is 2.46. The fourth-order valence-corrected chi connectivity index (χ4v) is 0.588. The van der Waals surface area contributed by atoms with Crippen LogP contribution in [0.1, 0.15) is 0 Å². The molecule has 0 saturated heterocycles. The zero-order valence-electron chi connectivity index (χ0n) is 4.50. The highest BCUT2D eigenvalue weighted by Gasteiger charge is 2.36. The van der Waals surface area contributed by atoms with Crippen molar-refractivity contribution in [2.75, 3.05) is 13.1 Å². The van der Waals surface area contributed by atoms with Gasteiger partial charge in [-0.05, 0) is 0 Å². The minimum Gasteiger partial charge on any atom is -0.364 e. The fraction of sp³-hybridized carbons (Fsp3) is 0.750. The molecule has 0 aliphatic carbocycles. The molecule has 9 heavy (non-hydrogen) atoms. The van der Waals surface area contributed by atoms with E-state index in [4.69, 9.17) is 0 Å². The van der Waals surface area contributed by atoms with Gasteiger partial charge in [-0.15, -0.1) is 0 Å². The lowest BCUT2D eigenvalue weighted by molar-refractivity contribution is -0.0610. The van der Waals surface area contributed by atoms with Gasteiger partial charge in [-0.2, -0.15) is 13.2 Å². The Hall–Kier alpha value is -0.740. The average molecular weight is 138 g/mol. The van der Waals surface area contributed by atoms with Gasteiger partial charge in [-0.25, -0.2) is 0 Å². The maximum atomic E-state index is 11.6. The lowest BCUT2D eigenvalue weighted by Gasteiger charge is -2.04. The van der Waals surface area contributed by atoms with E-state index in [1.54, 1.807) is 0 Å². The number of amidine groups is 1. The molecule has 1 aliphatic rings. The zero-order valence-corrected chi connectivity index (χ0v) is 4.50. The topological polar surface area (TPSA) is 24.4 Å². The van der Waals surface area contributed by atoms with Gasteiger partial charge in [0.05, 0.1) is 6.54 Å². The van der Waals surface area contributed by atoms with Crippen molar-refractivity contribution in [3.63, 3.8) is 0 Å². The average Bonchev–Trinajstić information content (AvgIpc) is 2.08. The highest BCUT2D eigenvalue weighted by atomic mass is 19.4. The maximum Gasteiger partial charge on any atom is 0.448 e. The summed E-state index contributed by atoms with van der Waals surface area (Å²) in [5.41, 5.74) is 0. The number of halogens is 3. The van der Waals surface area contributed by atoms with Crippen LogP contribution in [0.15, 0.2) is 4.99 Å². The quantitative estimate of drug-likeness (QED) is 0.519. The number of rotatable bonds is 0. The molecule has 1 aliphatic heterocycles. The van der Waals surface area contributed by atoms with Crippen LogP contribution in [0.5, 0.6) is 0 Å².